The van der Waals surface area contributed by atoms with Gasteiger partial charge in [0.05, 0.1) is 16.7 Å². The van der Waals surface area contributed by atoms with Gasteiger partial charge in [-0.2, -0.15) is 13.2 Å². The Morgan fingerprint density at radius 3 is 2.19 bits per heavy atom. The number of hydrogen-bond acceptors (Lipinski definition) is 5. The average molecular weight is 447 g/mol. The van der Waals surface area contributed by atoms with Crippen molar-refractivity contribution in [2.45, 2.75) is 44.0 Å². The quantitative estimate of drug-likeness (QED) is 0.712. The summed E-state index contributed by atoms with van der Waals surface area (Å²) in [5.74, 6) is -1.27. The molecule has 0 bridgehead atoms. The highest BCUT2D eigenvalue weighted by molar-refractivity contribution is 6.22. The average Bonchev–Trinajstić information content (AvgIpc) is 3.00. The van der Waals surface area contributed by atoms with Crippen LogP contribution in [0.15, 0.2) is 42.6 Å². The fraction of sp³-hybridized carbons (Fsp3) is 0.364. The minimum Gasteiger partial charge on any atom is -0.474 e. The van der Waals surface area contributed by atoms with Crippen molar-refractivity contribution in [1.82, 2.24) is 15.2 Å². The number of nitrogens with zero attached hydrogens (tertiary/aromatic N) is 2. The number of alkyl halides is 3. The van der Waals surface area contributed by atoms with Crippen LogP contribution in [0.1, 0.15) is 52.0 Å². The van der Waals surface area contributed by atoms with Crippen molar-refractivity contribution in [3.63, 3.8) is 0 Å². The Morgan fingerprint density at radius 1 is 1.03 bits per heavy atom. The van der Waals surface area contributed by atoms with Crippen LogP contribution >= 0.6 is 0 Å². The Labute approximate surface area is 181 Å². The lowest BCUT2D eigenvalue weighted by molar-refractivity contribution is -0.137. The number of fused-ring (bicyclic) bond motifs is 1. The van der Waals surface area contributed by atoms with Crippen LogP contribution in [0, 0.1) is 0 Å². The van der Waals surface area contributed by atoms with Crippen LogP contribution in [-0.4, -0.2) is 46.3 Å². The lowest BCUT2D eigenvalue weighted by atomic mass is 9.93. The third-order valence-electron chi connectivity index (χ3n) is 5.57. The highest BCUT2D eigenvalue weighted by atomic mass is 19.4. The van der Waals surface area contributed by atoms with Gasteiger partial charge in [-0.1, -0.05) is 12.1 Å². The maximum absolute atomic E-state index is 12.6. The monoisotopic (exact) mass is 447 g/mol. The third-order valence-corrected chi connectivity index (χ3v) is 5.57. The van der Waals surface area contributed by atoms with Gasteiger partial charge in [-0.25, -0.2) is 4.98 Å². The summed E-state index contributed by atoms with van der Waals surface area (Å²) in [4.78, 5) is 41.8. The van der Waals surface area contributed by atoms with Crippen LogP contribution < -0.4 is 10.1 Å². The zero-order chi connectivity index (χ0) is 22.9. The van der Waals surface area contributed by atoms with Crippen LogP contribution in [0.4, 0.5) is 13.2 Å². The molecular formula is C22H20F3N3O4. The van der Waals surface area contributed by atoms with Gasteiger partial charge in [0.1, 0.15) is 12.6 Å². The molecule has 1 N–H and O–H groups in total. The van der Waals surface area contributed by atoms with Gasteiger partial charge in [0.15, 0.2) is 0 Å². The van der Waals surface area contributed by atoms with Crippen LogP contribution in [0.5, 0.6) is 5.88 Å². The zero-order valence-electron chi connectivity index (χ0n) is 16.9. The molecular weight excluding hydrogens is 427 g/mol. The Kier molecular flexibility index (Phi) is 5.86. The first-order chi connectivity index (χ1) is 15.2. The smallest absolute Gasteiger partial charge is 0.417 e. The minimum atomic E-state index is -4.45. The number of carbonyl (C=O) groups is 3. The molecule has 1 saturated carbocycles. The first-order valence-electron chi connectivity index (χ1n) is 10.2. The molecule has 7 nitrogen and oxygen atoms in total. The number of ether oxygens (including phenoxy) is 1. The summed E-state index contributed by atoms with van der Waals surface area (Å²) in [7, 11) is 0. The summed E-state index contributed by atoms with van der Waals surface area (Å²) in [5.41, 5.74) is -0.256. The van der Waals surface area contributed by atoms with Crippen LogP contribution in [-0.2, 0) is 11.0 Å². The van der Waals surface area contributed by atoms with Gasteiger partial charge in [0.2, 0.25) is 11.8 Å². The number of hydrogen-bond donors (Lipinski definition) is 1. The molecule has 0 spiro atoms. The van der Waals surface area contributed by atoms with E-state index in [-0.39, 0.29) is 24.6 Å². The summed E-state index contributed by atoms with van der Waals surface area (Å²) in [5, 5.41) is 2.84. The van der Waals surface area contributed by atoms with E-state index in [1.54, 1.807) is 24.3 Å². The number of imide groups is 1. The standard InChI is InChI=1S/C22H20F3N3O4/c23-22(24,25)13-5-10-19(26-11-13)32-15-8-6-14(7-9-15)27-18(29)12-28-20(30)16-3-1-2-4-17(16)21(28)31/h1-5,10-11,14-15H,6-9,12H2,(H,27,29). The predicted molar refractivity (Wildman–Crippen MR) is 106 cm³/mol. The van der Waals surface area contributed by atoms with E-state index in [0.29, 0.717) is 36.8 Å². The maximum Gasteiger partial charge on any atom is 0.417 e. The number of benzene rings is 1. The highest BCUT2D eigenvalue weighted by Crippen LogP contribution is 2.30. The first kappa shape index (κ1) is 21.8. The van der Waals surface area contributed by atoms with Crippen molar-refractivity contribution in [2.75, 3.05) is 6.54 Å². The molecule has 4 rings (SSSR count). The largest absolute Gasteiger partial charge is 0.474 e. The van der Waals surface area contributed by atoms with E-state index in [9.17, 15) is 27.6 Å². The molecule has 2 heterocycles. The molecule has 2 aromatic rings. The van der Waals surface area contributed by atoms with E-state index in [0.717, 1.165) is 17.2 Å². The lowest BCUT2D eigenvalue weighted by Crippen LogP contribution is -2.45. The van der Waals surface area contributed by atoms with Crippen LogP contribution in [0.25, 0.3) is 0 Å². The normalized spacial score (nSPS) is 20.8. The fourth-order valence-electron chi connectivity index (χ4n) is 3.91. The predicted octanol–water partition coefficient (Wildman–Crippen LogP) is 3.20. The molecule has 3 amide bonds. The van der Waals surface area contributed by atoms with Gasteiger partial charge >= 0.3 is 6.18 Å². The third kappa shape index (κ3) is 4.58. The van der Waals surface area contributed by atoms with E-state index in [4.69, 9.17) is 4.74 Å². The number of pyridine rings is 1. The second kappa shape index (κ2) is 8.60. The molecule has 1 aromatic carbocycles. The van der Waals surface area contributed by atoms with Crippen molar-refractivity contribution < 1.29 is 32.3 Å². The topological polar surface area (TPSA) is 88.6 Å². The molecule has 2 aliphatic rings. The van der Waals surface area contributed by atoms with Gasteiger partial charge in [-0.15, -0.1) is 0 Å². The zero-order valence-corrected chi connectivity index (χ0v) is 16.9. The van der Waals surface area contributed by atoms with E-state index in [1.807, 2.05) is 0 Å². The van der Waals surface area contributed by atoms with Gasteiger partial charge < -0.3 is 10.1 Å². The van der Waals surface area contributed by atoms with Gasteiger partial charge in [-0.3, -0.25) is 19.3 Å². The summed E-state index contributed by atoms with van der Waals surface area (Å²) < 4.78 is 43.5. The van der Waals surface area contributed by atoms with E-state index >= 15 is 0 Å². The van der Waals surface area contributed by atoms with Crippen LogP contribution in [0.2, 0.25) is 0 Å². The number of nitrogens with one attached hydrogen (secondary N) is 1. The molecule has 168 valence electrons. The van der Waals surface area contributed by atoms with Crippen LogP contribution in [0.3, 0.4) is 0 Å². The molecule has 10 heteroatoms. The molecule has 1 fully saturated rings. The Balaban J connectivity index is 1.24. The van der Waals surface area contributed by atoms with Crippen molar-refractivity contribution in [3.8, 4) is 5.88 Å². The summed E-state index contributed by atoms with van der Waals surface area (Å²) in [6, 6.07) is 8.41. The molecule has 0 radical (unpaired) electrons. The second-order valence-corrected chi connectivity index (χ2v) is 7.78. The molecule has 0 atom stereocenters. The van der Waals surface area contributed by atoms with Crippen molar-refractivity contribution >= 4 is 17.7 Å². The van der Waals surface area contributed by atoms with E-state index in [1.165, 1.54) is 6.07 Å². The van der Waals surface area contributed by atoms with Crippen molar-refractivity contribution in [1.29, 1.82) is 0 Å². The molecule has 32 heavy (non-hydrogen) atoms. The van der Waals surface area contributed by atoms with Crippen molar-refractivity contribution in [3.05, 3.63) is 59.3 Å². The van der Waals surface area contributed by atoms with Gasteiger partial charge in [0.25, 0.3) is 11.8 Å². The number of aromatic nitrogens is 1. The molecule has 1 aromatic heterocycles. The SMILES string of the molecule is O=C(CN1C(=O)c2ccccc2C1=O)NC1CCC(Oc2ccc(C(F)(F)F)cn2)CC1. The Morgan fingerprint density at radius 2 is 1.66 bits per heavy atom. The number of amides is 3. The fourth-order valence-corrected chi connectivity index (χ4v) is 3.91. The second-order valence-electron chi connectivity index (χ2n) is 7.78. The first-order valence-corrected chi connectivity index (χ1v) is 10.2. The summed E-state index contributed by atoms with van der Waals surface area (Å²) in [6.07, 6.45) is -1.57. The van der Waals surface area contributed by atoms with E-state index < -0.39 is 29.5 Å². The van der Waals surface area contributed by atoms with Gasteiger partial charge in [-0.05, 0) is 43.9 Å². The summed E-state index contributed by atoms with van der Waals surface area (Å²) in [6.45, 7) is -0.349. The minimum absolute atomic E-state index is 0.121. The molecule has 1 aliphatic heterocycles. The molecule has 1 aliphatic carbocycles. The Bertz CT molecular complexity index is 996. The van der Waals surface area contributed by atoms with E-state index in [2.05, 4.69) is 10.3 Å². The number of rotatable bonds is 5. The van der Waals surface area contributed by atoms with Crippen molar-refractivity contribution in [2.24, 2.45) is 0 Å². The number of halogens is 3. The summed E-state index contributed by atoms with van der Waals surface area (Å²) >= 11 is 0. The molecule has 0 saturated heterocycles. The Hall–Kier alpha value is -3.43. The molecule has 0 unspecified atom stereocenters. The number of carbonyl (C=O) groups excluding carboxylic acids is 3. The maximum atomic E-state index is 12.6. The van der Waals surface area contributed by atoms with Gasteiger partial charge in [0, 0.05) is 18.3 Å². The lowest BCUT2D eigenvalue weighted by Gasteiger charge is -2.29. The highest BCUT2D eigenvalue weighted by Gasteiger charge is 2.36.